The van der Waals surface area contributed by atoms with E-state index in [0.717, 1.165) is 37.0 Å². The van der Waals surface area contributed by atoms with Gasteiger partial charge in [-0.1, -0.05) is 5.16 Å². The summed E-state index contributed by atoms with van der Waals surface area (Å²) in [6.45, 7) is 4.97. The third-order valence-electron chi connectivity index (χ3n) is 4.42. The fourth-order valence-electron chi connectivity index (χ4n) is 3.12. The first-order valence-electron chi connectivity index (χ1n) is 7.84. The van der Waals surface area contributed by atoms with Crippen molar-refractivity contribution in [1.82, 2.24) is 25.2 Å². The molecule has 112 valence electrons. The first-order chi connectivity index (χ1) is 10.3. The van der Waals surface area contributed by atoms with Crippen molar-refractivity contribution in [2.45, 2.75) is 51.0 Å². The maximum atomic E-state index is 5.34. The first kappa shape index (κ1) is 13.0. The lowest BCUT2D eigenvalue weighted by Gasteiger charge is -2.30. The molecule has 4 rings (SSSR count). The Kier molecular flexibility index (Phi) is 3.25. The van der Waals surface area contributed by atoms with Crippen molar-refractivity contribution in [3.8, 4) is 0 Å². The van der Waals surface area contributed by atoms with Crippen LogP contribution in [-0.4, -0.2) is 38.3 Å². The molecule has 2 aromatic heterocycles. The second-order valence-corrected chi connectivity index (χ2v) is 6.37. The van der Waals surface area contributed by atoms with Gasteiger partial charge in [-0.3, -0.25) is 10.00 Å². The molecular formula is C15H21N5O. The van der Waals surface area contributed by atoms with Crippen molar-refractivity contribution in [3.63, 3.8) is 0 Å². The van der Waals surface area contributed by atoms with E-state index in [2.05, 4.69) is 38.2 Å². The van der Waals surface area contributed by atoms with E-state index >= 15 is 0 Å². The summed E-state index contributed by atoms with van der Waals surface area (Å²) in [6.07, 6.45) is 4.81. The van der Waals surface area contributed by atoms with Crippen LogP contribution in [0.1, 0.15) is 60.6 Å². The maximum absolute atomic E-state index is 5.34. The Morgan fingerprint density at radius 1 is 1.33 bits per heavy atom. The van der Waals surface area contributed by atoms with E-state index in [1.165, 1.54) is 31.4 Å². The lowest BCUT2D eigenvalue weighted by Crippen LogP contribution is -2.34. The highest BCUT2D eigenvalue weighted by atomic mass is 16.5. The highest BCUT2D eigenvalue weighted by Crippen LogP contribution is 2.39. The van der Waals surface area contributed by atoms with Crippen molar-refractivity contribution in [2.24, 2.45) is 0 Å². The molecule has 3 heterocycles. The molecule has 0 aromatic carbocycles. The molecule has 2 aliphatic rings. The minimum Gasteiger partial charge on any atom is -0.339 e. The molecule has 6 heteroatoms. The van der Waals surface area contributed by atoms with Crippen molar-refractivity contribution in [3.05, 3.63) is 29.2 Å². The van der Waals surface area contributed by atoms with Gasteiger partial charge < -0.3 is 4.52 Å². The zero-order valence-electron chi connectivity index (χ0n) is 12.4. The normalized spacial score (nSPS) is 23.6. The first-order valence-corrected chi connectivity index (χ1v) is 7.84. The molecule has 1 atom stereocenters. The summed E-state index contributed by atoms with van der Waals surface area (Å²) >= 11 is 0. The van der Waals surface area contributed by atoms with E-state index in [0.29, 0.717) is 11.8 Å². The second-order valence-electron chi connectivity index (χ2n) is 6.37. The predicted octanol–water partition coefficient (Wildman–Crippen LogP) is 2.36. The Morgan fingerprint density at radius 2 is 2.24 bits per heavy atom. The topological polar surface area (TPSA) is 70.8 Å². The summed E-state index contributed by atoms with van der Waals surface area (Å²) in [5, 5.41) is 11.6. The average molecular weight is 287 g/mol. The van der Waals surface area contributed by atoms with E-state index < -0.39 is 0 Å². The number of hydrogen-bond acceptors (Lipinski definition) is 5. The van der Waals surface area contributed by atoms with Gasteiger partial charge in [-0.15, -0.1) is 0 Å². The number of likely N-dealkylation sites (tertiary alicyclic amines) is 1. The average Bonchev–Trinajstić information content (AvgIpc) is 3.09. The van der Waals surface area contributed by atoms with E-state index in [4.69, 9.17) is 4.52 Å². The molecule has 2 aromatic rings. The number of hydrogen-bond donors (Lipinski definition) is 1. The molecule has 0 amide bonds. The molecule has 21 heavy (non-hydrogen) atoms. The van der Waals surface area contributed by atoms with Crippen LogP contribution in [0.15, 0.2) is 10.6 Å². The van der Waals surface area contributed by atoms with E-state index in [1.807, 2.05) is 0 Å². The number of aryl methyl sites for hydroxylation is 1. The standard InChI is InChI=1S/C15H21N5O/c1-10-7-13(18-17-10)12-3-2-6-20(8-12)9-14-16-15(21-19-14)11-4-5-11/h7,11-12H,2-6,8-9H2,1H3,(H,17,18)/t12-/m1/s1. The van der Waals surface area contributed by atoms with Gasteiger partial charge in [0.25, 0.3) is 0 Å². The van der Waals surface area contributed by atoms with Gasteiger partial charge in [-0.05, 0) is 45.2 Å². The lowest BCUT2D eigenvalue weighted by molar-refractivity contribution is 0.192. The smallest absolute Gasteiger partial charge is 0.229 e. The highest BCUT2D eigenvalue weighted by molar-refractivity contribution is 5.13. The third kappa shape index (κ3) is 2.85. The van der Waals surface area contributed by atoms with Crippen molar-refractivity contribution >= 4 is 0 Å². The lowest BCUT2D eigenvalue weighted by atomic mass is 9.94. The van der Waals surface area contributed by atoms with Crippen LogP contribution in [0.5, 0.6) is 0 Å². The minimum atomic E-state index is 0.513. The van der Waals surface area contributed by atoms with Gasteiger partial charge in [0.15, 0.2) is 5.82 Å². The number of nitrogens with one attached hydrogen (secondary N) is 1. The van der Waals surface area contributed by atoms with E-state index in [9.17, 15) is 0 Å². The summed E-state index contributed by atoms with van der Waals surface area (Å²) in [6, 6.07) is 2.16. The number of H-pyrrole nitrogens is 1. The fraction of sp³-hybridized carbons (Fsp3) is 0.667. The van der Waals surface area contributed by atoms with Gasteiger partial charge >= 0.3 is 0 Å². The summed E-state index contributed by atoms with van der Waals surface area (Å²) in [7, 11) is 0. The number of piperidine rings is 1. The molecule has 0 bridgehead atoms. The number of aromatic nitrogens is 4. The molecule has 0 spiro atoms. The molecule has 1 N–H and O–H groups in total. The Hall–Kier alpha value is -1.69. The molecular weight excluding hydrogens is 266 g/mol. The zero-order valence-corrected chi connectivity index (χ0v) is 12.4. The van der Waals surface area contributed by atoms with Crippen LogP contribution in [0, 0.1) is 6.92 Å². The molecule has 1 aliphatic heterocycles. The van der Waals surface area contributed by atoms with E-state index in [-0.39, 0.29) is 0 Å². The fourth-order valence-corrected chi connectivity index (χ4v) is 3.12. The molecule has 2 fully saturated rings. The number of aromatic amines is 1. The molecule has 6 nitrogen and oxygen atoms in total. The summed E-state index contributed by atoms with van der Waals surface area (Å²) < 4.78 is 5.34. The van der Waals surface area contributed by atoms with Crippen LogP contribution in [0.4, 0.5) is 0 Å². The van der Waals surface area contributed by atoms with Crippen LogP contribution in [0.2, 0.25) is 0 Å². The quantitative estimate of drug-likeness (QED) is 0.934. The monoisotopic (exact) mass is 287 g/mol. The van der Waals surface area contributed by atoms with Crippen LogP contribution < -0.4 is 0 Å². The molecule has 0 radical (unpaired) electrons. The van der Waals surface area contributed by atoms with Crippen molar-refractivity contribution < 1.29 is 4.52 Å². The number of rotatable bonds is 4. The Bertz CT molecular complexity index is 615. The molecule has 1 aliphatic carbocycles. The summed E-state index contributed by atoms with van der Waals surface area (Å²) in [5.74, 6) is 2.71. The van der Waals surface area contributed by atoms with Crippen LogP contribution in [-0.2, 0) is 6.54 Å². The van der Waals surface area contributed by atoms with Crippen LogP contribution in [0.3, 0.4) is 0 Å². The van der Waals surface area contributed by atoms with Crippen LogP contribution in [0.25, 0.3) is 0 Å². The maximum Gasteiger partial charge on any atom is 0.229 e. The van der Waals surface area contributed by atoms with Crippen LogP contribution >= 0.6 is 0 Å². The highest BCUT2D eigenvalue weighted by Gasteiger charge is 2.30. The second kappa shape index (κ2) is 5.26. The molecule has 1 saturated carbocycles. The summed E-state index contributed by atoms with van der Waals surface area (Å²) in [5.41, 5.74) is 2.32. The Balaban J connectivity index is 1.40. The van der Waals surface area contributed by atoms with Crippen molar-refractivity contribution in [1.29, 1.82) is 0 Å². The van der Waals surface area contributed by atoms with Gasteiger partial charge in [0.2, 0.25) is 5.89 Å². The van der Waals surface area contributed by atoms with Crippen molar-refractivity contribution in [2.75, 3.05) is 13.1 Å². The predicted molar refractivity (Wildman–Crippen MR) is 76.8 cm³/mol. The van der Waals surface area contributed by atoms with Gasteiger partial charge in [0.1, 0.15) is 0 Å². The Labute approximate surface area is 123 Å². The largest absolute Gasteiger partial charge is 0.339 e. The van der Waals surface area contributed by atoms with Gasteiger partial charge in [-0.2, -0.15) is 10.1 Å². The number of nitrogens with zero attached hydrogens (tertiary/aromatic N) is 4. The molecule has 1 saturated heterocycles. The van der Waals surface area contributed by atoms with Gasteiger partial charge in [-0.25, -0.2) is 0 Å². The minimum absolute atomic E-state index is 0.513. The SMILES string of the molecule is Cc1cc([C@@H]2CCCN(Cc3noc(C4CC4)n3)C2)n[nH]1. The van der Waals surface area contributed by atoms with E-state index in [1.54, 1.807) is 0 Å². The molecule has 0 unspecified atom stereocenters. The zero-order chi connectivity index (χ0) is 14.2. The summed E-state index contributed by atoms with van der Waals surface area (Å²) in [4.78, 5) is 6.94. The van der Waals surface area contributed by atoms with Gasteiger partial charge in [0.05, 0.1) is 12.2 Å². The van der Waals surface area contributed by atoms with Gasteiger partial charge in [0, 0.05) is 24.1 Å². The Morgan fingerprint density at radius 3 is 3.00 bits per heavy atom. The third-order valence-corrected chi connectivity index (χ3v) is 4.42.